The first-order valence-corrected chi connectivity index (χ1v) is 5.83. The Morgan fingerprint density at radius 1 is 1.39 bits per heavy atom. The van der Waals surface area contributed by atoms with Crippen molar-refractivity contribution in [1.82, 2.24) is 10.2 Å². The van der Waals surface area contributed by atoms with Crippen LogP contribution in [0, 0.1) is 0 Å². The number of likely N-dealkylation sites (N-methyl/N-ethyl adjacent to an activating group) is 1. The molecule has 5 heteroatoms. The van der Waals surface area contributed by atoms with Crippen molar-refractivity contribution in [1.29, 1.82) is 0 Å². The summed E-state index contributed by atoms with van der Waals surface area (Å²) in [5, 5.41) is 3.08. The monoisotopic (exact) mass is 362 g/mol. The van der Waals surface area contributed by atoms with Crippen LogP contribution in [0.2, 0.25) is 0 Å². The highest BCUT2D eigenvalue weighted by atomic mass is 127. The van der Waals surface area contributed by atoms with Crippen LogP contribution in [0.3, 0.4) is 0 Å². The van der Waals surface area contributed by atoms with Crippen LogP contribution in [0.15, 0.2) is 35.3 Å². The molecule has 4 nitrogen and oxygen atoms in total. The molecule has 0 aromatic heterocycles. The van der Waals surface area contributed by atoms with Crippen molar-refractivity contribution in [3.8, 4) is 0 Å². The number of guanidine groups is 1. The van der Waals surface area contributed by atoms with Gasteiger partial charge < -0.3 is 11.1 Å². The Morgan fingerprint density at radius 2 is 2.00 bits per heavy atom. The third-order valence-electron chi connectivity index (χ3n) is 2.85. The van der Waals surface area contributed by atoms with E-state index in [0.717, 1.165) is 13.1 Å². The van der Waals surface area contributed by atoms with Crippen molar-refractivity contribution in [2.45, 2.75) is 19.5 Å². The number of nitrogens with two attached hydrogens (primary N) is 1. The van der Waals surface area contributed by atoms with Crippen LogP contribution in [-0.2, 0) is 6.54 Å². The highest BCUT2D eigenvalue weighted by Gasteiger charge is 2.09. The van der Waals surface area contributed by atoms with E-state index in [9.17, 15) is 0 Å². The Kier molecular flexibility index (Phi) is 8.74. The number of benzene rings is 1. The lowest BCUT2D eigenvalue weighted by Gasteiger charge is -2.25. The lowest BCUT2D eigenvalue weighted by atomic mass is 10.2. The van der Waals surface area contributed by atoms with E-state index < -0.39 is 0 Å². The fraction of sp³-hybridized carbons (Fsp3) is 0.462. The predicted molar refractivity (Wildman–Crippen MR) is 88.3 cm³/mol. The van der Waals surface area contributed by atoms with Crippen LogP contribution in [0.1, 0.15) is 12.5 Å². The van der Waals surface area contributed by atoms with Gasteiger partial charge in [0.2, 0.25) is 0 Å². The molecule has 102 valence electrons. The fourth-order valence-electron chi connectivity index (χ4n) is 1.51. The molecule has 0 aliphatic carbocycles. The van der Waals surface area contributed by atoms with Gasteiger partial charge in [0.25, 0.3) is 0 Å². The van der Waals surface area contributed by atoms with Crippen molar-refractivity contribution in [3.05, 3.63) is 35.9 Å². The molecule has 1 unspecified atom stereocenters. The van der Waals surface area contributed by atoms with Crippen LogP contribution in [-0.4, -0.2) is 37.5 Å². The molecule has 3 N–H and O–H groups in total. The van der Waals surface area contributed by atoms with E-state index in [-0.39, 0.29) is 24.0 Å². The van der Waals surface area contributed by atoms with Gasteiger partial charge in [-0.05, 0) is 19.5 Å². The van der Waals surface area contributed by atoms with Crippen molar-refractivity contribution < 1.29 is 0 Å². The molecule has 0 aliphatic heterocycles. The molecule has 0 radical (unpaired) electrons. The number of nitrogens with one attached hydrogen (secondary N) is 1. The highest BCUT2D eigenvalue weighted by molar-refractivity contribution is 14.0. The SMILES string of the molecule is CN=C(N)NCC(C)N(C)Cc1ccccc1.I. The molecule has 0 bridgehead atoms. The van der Waals surface area contributed by atoms with Gasteiger partial charge in [-0.3, -0.25) is 9.89 Å². The lowest BCUT2D eigenvalue weighted by Crippen LogP contribution is -2.42. The van der Waals surface area contributed by atoms with Gasteiger partial charge in [0.1, 0.15) is 0 Å². The average Bonchev–Trinajstić information content (AvgIpc) is 2.36. The van der Waals surface area contributed by atoms with Crippen molar-refractivity contribution in [2.75, 3.05) is 20.6 Å². The van der Waals surface area contributed by atoms with Crippen LogP contribution in [0.4, 0.5) is 0 Å². The molecule has 0 heterocycles. The smallest absolute Gasteiger partial charge is 0.188 e. The first-order valence-electron chi connectivity index (χ1n) is 5.83. The minimum Gasteiger partial charge on any atom is -0.370 e. The van der Waals surface area contributed by atoms with Crippen LogP contribution < -0.4 is 11.1 Å². The van der Waals surface area contributed by atoms with Gasteiger partial charge in [-0.25, -0.2) is 0 Å². The molecule has 0 aliphatic rings. The quantitative estimate of drug-likeness (QED) is 0.476. The maximum absolute atomic E-state index is 5.59. The summed E-state index contributed by atoms with van der Waals surface area (Å²) in [5.74, 6) is 0.491. The molecule has 1 aromatic rings. The molecule has 0 saturated carbocycles. The zero-order valence-electron chi connectivity index (χ0n) is 11.3. The third kappa shape index (κ3) is 6.20. The van der Waals surface area contributed by atoms with Gasteiger partial charge >= 0.3 is 0 Å². The van der Waals surface area contributed by atoms with E-state index in [2.05, 4.69) is 53.4 Å². The van der Waals surface area contributed by atoms with Gasteiger partial charge in [0.05, 0.1) is 0 Å². The first kappa shape index (κ1) is 17.2. The third-order valence-corrected chi connectivity index (χ3v) is 2.85. The summed E-state index contributed by atoms with van der Waals surface area (Å²) in [6, 6.07) is 10.8. The van der Waals surface area contributed by atoms with Crippen LogP contribution in [0.5, 0.6) is 0 Å². The molecule has 0 spiro atoms. The second-order valence-corrected chi connectivity index (χ2v) is 4.24. The van der Waals surface area contributed by atoms with Gasteiger partial charge in [0, 0.05) is 26.2 Å². The number of rotatable bonds is 5. The Hall–Kier alpha value is -0.820. The van der Waals surface area contributed by atoms with E-state index >= 15 is 0 Å². The molecule has 0 amide bonds. The van der Waals surface area contributed by atoms with Gasteiger partial charge in [0.15, 0.2) is 5.96 Å². The predicted octanol–water partition coefficient (Wildman–Crippen LogP) is 1.66. The average molecular weight is 362 g/mol. The van der Waals surface area contributed by atoms with Crippen molar-refractivity contribution in [3.63, 3.8) is 0 Å². The Balaban J connectivity index is 0.00000289. The van der Waals surface area contributed by atoms with E-state index in [0.29, 0.717) is 12.0 Å². The van der Waals surface area contributed by atoms with Crippen molar-refractivity contribution >= 4 is 29.9 Å². The molecule has 0 fully saturated rings. The number of hydrogen-bond acceptors (Lipinski definition) is 2. The standard InChI is InChI=1S/C13H22N4.HI/c1-11(9-16-13(14)15-2)17(3)10-12-7-5-4-6-8-12;/h4-8,11H,9-10H2,1-3H3,(H3,14,15,16);1H. The maximum atomic E-state index is 5.59. The first-order chi connectivity index (χ1) is 8.13. The van der Waals surface area contributed by atoms with E-state index in [1.54, 1.807) is 7.05 Å². The second-order valence-electron chi connectivity index (χ2n) is 4.24. The summed E-state index contributed by atoms with van der Waals surface area (Å²) < 4.78 is 0. The molecular weight excluding hydrogens is 339 g/mol. The molecular formula is C13H23IN4. The summed E-state index contributed by atoms with van der Waals surface area (Å²) in [4.78, 5) is 6.15. The van der Waals surface area contributed by atoms with Crippen LogP contribution in [0.25, 0.3) is 0 Å². The summed E-state index contributed by atoms with van der Waals surface area (Å²) in [5.41, 5.74) is 6.91. The highest BCUT2D eigenvalue weighted by Crippen LogP contribution is 2.05. The summed E-state index contributed by atoms with van der Waals surface area (Å²) >= 11 is 0. The summed E-state index contributed by atoms with van der Waals surface area (Å²) in [6.07, 6.45) is 0. The fourth-order valence-corrected chi connectivity index (χ4v) is 1.51. The zero-order valence-corrected chi connectivity index (χ0v) is 13.6. The maximum Gasteiger partial charge on any atom is 0.188 e. The van der Waals surface area contributed by atoms with Crippen molar-refractivity contribution in [2.24, 2.45) is 10.7 Å². The Labute approximate surface area is 127 Å². The molecule has 18 heavy (non-hydrogen) atoms. The number of nitrogens with zero attached hydrogens (tertiary/aromatic N) is 2. The minimum atomic E-state index is 0. The topological polar surface area (TPSA) is 53.6 Å². The molecule has 1 atom stereocenters. The molecule has 0 saturated heterocycles. The molecule has 1 rings (SSSR count). The van der Waals surface area contributed by atoms with E-state index in [4.69, 9.17) is 5.73 Å². The number of aliphatic imine (C=N–C) groups is 1. The van der Waals surface area contributed by atoms with E-state index in [1.165, 1.54) is 5.56 Å². The normalized spacial score (nSPS) is 13.0. The van der Waals surface area contributed by atoms with Crippen LogP contribution >= 0.6 is 24.0 Å². The lowest BCUT2D eigenvalue weighted by molar-refractivity contribution is 0.249. The van der Waals surface area contributed by atoms with Gasteiger partial charge in [-0.2, -0.15) is 0 Å². The molecule has 1 aromatic carbocycles. The number of hydrogen-bond donors (Lipinski definition) is 2. The summed E-state index contributed by atoms with van der Waals surface area (Å²) in [7, 11) is 3.79. The van der Waals surface area contributed by atoms with Gasteiger partial charge in [-0.1, -0.05) is 30.3 Å². The van der Waals surface area contributed by atoms with Gasteiger partial charge in [-0.15, -0.1) is 24.0 Å². The summed E-state index contributed by atoms with van der Waals surface area (Å²) in [6.45, 7) is 3.90. The number of halogens is 1. The van der Waals surface area contributed by atoms with E-state index in [1.807, 2.05) is 6.07 Å². The Bertz CT molecular complexity index is 353. The second kappa shape index (κ2) is 9.16. The zero-order chi connectivity index (χ0) is 12.7. The minimum absolute atomic E-state index is 0. The Morgan fingerprint density at radius 3 is 2.56 bits per heavy atom. The largest absolute Gasteiger partial charge is 0.370 e.